The van der Waals surface area contributed by atoms with Crippen molar-refractivity contribution in [2.75, 3.05) is 11.1 Å². The van der Waals surface area contributed by atoms with Gasteiger partial charge in [-0.2, -0.15) is 0 Å². The molecule has 2 aromatic heterocycles. The van der Waals surface area contributed by atoms with E-state index in [4.69, 9.17) is 25.0 Å². The zero-order valence-electron chi connectivity index (χ0n) is 42.0. The van der Waals surface area contributed by atoms with Crippen molar-refractivity contribution in [3.8, 4) is 34.2 Å². The van der Waals surface area contributed by atoms with Gasteiger partial charge in [-0.1, -0.05) is 171 Å². The van der Waals surface area contributed by atoms with Crippen molar-refractivity contribution in [3.05, 3.63) is 251 Å². The normalized spacial score (nSPS) is 13.1. The van der Waals surface area contributed by atoms with Crippen LogP contribution in [0.3, 0.4) is 0 Å². The molecule has 3 heterocycles. The number of carbonyl (C=O) groups excluding carboxylic acids is 1. The van der Waals surface area contributed by atoms with E-state index < -0.39 is 0 Å². The molecule has 0 amide bonds. The van der Waals surface area contributed by atoms with Crippen LogP contribution < -0.4 is 16.5 Å². The summed E-state index contributed by atoms with van der Waals surface area (Å²) in [5.74, 6) is 1.88. The van der Waals surface area contributed by atoms with Gasteiger partial charge in [0.05, 0.1) is 44.6 Å². The van der Waals surface area contributed by atoms with E-state index in [0.29, 0.717) is 5.56 Å². The molecule has 12 heteroatoms. The molecule has 372 valence electrons. The third-order valence-electron chi connectivity index (χ3n) is 13.0. The quantitative estimate of drug-likeness (QED) is 0.0886. The second-order valence-electron chi connectivity index (χ2n) is 18.7. The molecule has 75 heavy (non-hydrogen) atoms. The van der Waals surface area contributed by atoms with Crippen LogP contribution in [0, 0.1) is 0 Å². The Balaban J connectivity index is 0.000000134. The Kier molecular flexibility index (Phi) is 16.3. The summed E-state index contributed by atoms with van der Waals surface area (Å²) in [7, 11) is -0.364. The van der Waals surface area contributed by atoms with Gasteiger partial charge in [0.25, 0.3) is 0 Å². The highest BCUT2D eigenvalue weighted by molar-refractivity contribution is 9.10. The van der Waals surface area contributed by atoms with Crippen LogP contribution in [0.25, 0.3) is 56.2 Å². The number of halogens is 2. The van der Waals surface area contributed by atoms with E-state index in [1.807, 2.05) is 103 Å². The fraction of sp³-hybridized carbons (Fsp3) is 0.0952. The number of carbonyl (C=O) groups is 1. The number of aromatic nitrogens is 4. The lowest BCUT2D eigenvalue weighted by atomic mass is 9.79. The van der Waals surface area contributed by atoms with Crippen molar-refractivity contribution in [1.82, 2.24) is 19.1 Å². The van der Waals surface area contributed by atoms with Gasteiger partial charge in [0.15, 0.2) is 0 Å². The first-order chi connectivity index (χ1) is 36.4. The minimum Gasteiger partial charge on any atom is -0.399 e. The minimum absolute atomic E-state index is 0.350. The fourth-order valence-corrected chi connectivity index (χ4v) is 8.84. The van der Waals surface area contributed by atoms with Crippen LogP contribution in [0.2, 0.25) is 0 Å². The van der Waals surface area contributed by atoms with Crippen molar-refractivity contribution >= 4 is 89.9 Å². The highest BCUT2D eigenvalue weighted by Gasteiger charge is 2.51. The van der Waals surface area contributed by atoms with Crippen molar-refractivity contribution < 1.29 is 14.1 Å². The van der Waals surface area contributed by atoms with E-state index in [-0.39, 0.29) is 18.3 Å². The summed E-state index contributed by atoms with van der Waals surface area (Å²) in [5, 5.41) is 3.25. The average molecular weight is 1110 g/mol. The molecule has 12 rings (SSSR count). The number of para-hydroxylation sites is 9. The molecule has 0 atom stereocenters. The Labute approximate surface area is 455 Å². The number of anilines is 3. The molecule has 0 aliphatic carbocycles. The van der Waals surface area contributed by atoms with E-state index >= 15 is 0 Å². The highest BCUT2D eigenvalue weighted by atomic mass is 79.9. The Hall–Kier alpha value is -7.87. The molecule has 0 saturated carbocycles. The lowest BCUT2D eigenvalue weighted by Gasteiger charge is -2.32. The molecule has 3 N–H and O–H groups in total. The van der Waals surface area contributed by atoms with Gasteiger partial charge in [-0.3, -0.25) is 13.9 Å². The van der Waals surface area contributed by atoms with Crippen molar-refractivity contribution in [3.63, 3.8) is 0 Å². The first-order valence-corrected chi connectivity index (χ1v) is 26.1. The third-order valence-corrected chi connectivity index (χ3v) is 14.0. The molecular formula is C63H55BBr2N6O3. The van der Waals surface area contributed by atoms with Gasteiger partial charge < -0.3 is 20.4 Å². The van der Waals surface area contributed by atoms with Crippen LogP contribution in [0.1, 0.15) is 38.1 Å². The summed E-state index contributed by atoms with van der Waals surface area (Å²) in [6.45, 7) is 8.29. The first-order valence-electron chi connectivity index (χ1n) is 24.5. The molecule has 0 unspecified atom stereocenters. The van der Waals surface area contributed by atoms with Gasteiger partial charge in [0, 0.05) is 42.7 Å². The van der Waals surface area contributed by atoms with Crippen molar-refractivity contribution in [1.29, 1.82) is 0 Å². The van der Waals surface area contributed by atoms with Gasteiger partial charge in [0.1, 0.15) is 17.9 Å². The predicted octanol–water partition coefficient (Wildman–Crippen LogP) is 15.7. The van der Waals surface area contributed by atoms with Crippen LogP contribution in [0.4, 0.5) is 17.1 Å². The summed E-state index contributed by atoms with van der Waals surface area (Å²) in [6, 6.07) is 78.7. The number of imidazole rings is 2. The molecule has 1 saturated heterocycles. The standard InChI is InChI=1S/C25H25BN2O2.C19H13BrN2.C12H12N2.C7H5BrO/c1-24(2)25(3,4)30-26(29-24)19-16-14-18(15-17-19)23-27-21-12-8-9-13-22(21)28(23)20-10-6-5-7-11-20;20-15-12-10-14(11-13-15)19-21-17-8-4-5-9-18(17)22(19)16-6-2-1-3-7-16;13-11-8-4-5-9-12(11)14-10-6-2-1-3-7-10;8-7-3-1-6(5-9)2-4-7/h5-17H,1-4H3;1-13H;1-9,14H,13H2;1-5H. The fourth-order valence-electron chi connectivity index (χ4n) is 8.31. The summed E-state index contributed by atoms with van der Waals surface area (Å²) in [4.78, 5) is 19.9. The molecular weight excluding hydrogens is 1060 g/mol. The second-order valence-corrected chi connectivity index (χ2v) is 20.5. The van der Waals surface area contributed by atoms with Crippen LogP contribution in [0.15, 0.2) is 246 Å². The molecule has 11 aromatic rings. The maximum absolute atomic E-state index is 10.1. The minimum atomic E-state index is -0.364. The van der Waals surface area contributed by atoms with Crippen LogP contribution in [0.5, 0.6) is 0 Å². The average Bonchev–Trinajstić information content (AvgIpc) is 4.10. The molecule has 0 spiro atoms. The van der Waals surface area contributed by atoms with Gasteiger partial charge in [-0.25, -0.2) is 9.97 Å². The first kappa shape index (κ1) is 52.0. The van der Waals surface area contributed by atoms with E-state index in [2.05, 4.69) is 195 Å². The Bertz CT molecular complexity index is 3610. The number of aldehydes is 1. The number of nitrogens with two attached hydrogens (primary N) is 1. The van der Waals surface area contributed by atoms with Gasteiger partial charge in [-0.05, 0) is 130 Å². The van der Waals surface area contributed by atoms with Gasteiger partial charge in [0.2, 0.25) is 0 Å². The molecule has 9 aromatic carbocycles. The number of fused-ring (bicyclic) bond motifs is 2. The SMILES string of the molecule is Brc1ccc(-c2nc3ccccc3n2-c2ccccc2)cc1.CC1(C)OB(c2ccc(-c3nc4ccccc4n3-c3ccccc3)cc2)OC1(C)C.Nc1ccccc1Nc1ccccc1.O=Cc1ccc(Br)cc1. The summed E-state index contributed by atoms with van der Waals surface area (Å²) in [5.41, 5.74) is 18.1. The van der Waals surface area contributed by atoms with Crippen molar-refractivity contribution in [2.45, 2.75) is 38.9 Å². The van der Waals surface area contributed by atoms with Crippen LogP contribution >= 0.6 is 31.9 Å². The maximum Gasteiger partial charge on any atom is 0.494 e. The predicted molar refractivity (Wildman–Crippen MR) is 317 cm³/mol. The Morgan fingerprint density at radius 1 is 0.493 bits per heavy atom. The van der Waals surface area contributed by atoms with Crippen molar-refractivity contribution in [2.24, 2.45) is 0 Å². The van der Waals surface area contributed by atoms with Gasteiger partial charge >= 0.3 is 7.12 Å². The summed E-state index contributed by atoms with van der Waals surface area (Å²) >= 11 is 6.75. The zero-order chi connectivity index (χ0) is 52.4. The molecule has 1 aliphatic rings. The molecule has 0 bridgehead atoms. The third kappa shape index (κ3) is 12.4. The molecule has 1 fully saturated rings. The Morgan fingerprint density at radius 3 is 1.36 bits per heavy atom. The van der Waals surface area contributed by atoms with E-state index in [1.54, 1.807) is 12.1 Å². The largest absolute Gasteiger partial charge is 0.494 e. The smallest absolute Gasteiger partial charge is 0.399 e. The number of nitrogens with one attached hydrogen (secondary N) is 1. The number of hydrogen-bond acceptors (Lipinski definition) is 7. The van der Waals surface area contributed by atoms with E-state index in [9.17, 15) is 4.79 Å². The number of nitrogen functional groups attached to an aromatic ring is 1. The number of benzene rings is 9. The Morgan fingerprint density at radius 2 is 0.893 bits per heavy atom. The number of hydrogen-bond donors (Lipinski definition) is 2. The second kappa shape index (κ2) is 23.6. The lowest BCUT2D eigenvalue weighted by molar-refractivity contribution is 0.00578. The summed E-state index contributed by atoms with van der Waals surface area (Å²) in [6.07, 6.45) is 0.826. The topological polar surface area (TPSA) is 109 Å². The molecule has 9 nitrogen and oxygen atoms in total. The zero-order valence-corrected chi connectivity index (χ0v) is 45.2. The number of nitrogens with zero attached hydrogens (tertiary/aromatic N) is 4. The lowest BCUT2D eigenvalue weighted by Crippen LogP contribution is -2.41. The summed E-state index contributed by atoms with van der Waals surface area (Å²) < 4.78 is 18.9. The molecule has 1 aliphatic heterocycles. The maximum atomic E-state index is 10.1. The van der Waals surface area contributed by atoms with E-state index in [0.717, 1.165) is 94.0 Å². The van der Waals surface area contributed by atoms with E-state index in [1.165, 1.54) is 0 Å². The van der Waals surface area contributed by atoms with Gasteiger partial charge in [-0.15, -0.1) is 0 Å². The molecule has 0 radical (unpaired) electrons. The van der Waals surface area contributed by atoms with Crippen LogP contribution in [-0.4, -0.2) is 43.7 Å². The highest BCUT2D eigenvalue weighted by Crippen LogP contribution is 2.37. The number of rotatable bonds is 8. The van der Waals surface area contributed by atoms with Crippen LogP contribution in [-0.2, 0) is 9.31 Å². The monoisotopic (exact) mass is 1110 g/mol.